The number of benzene rings is 2. The fourth-order valence-corrected chi connectivity index (χ4v) is 4.22. The first-order valence-electron chi connectivity index (χ1n) is 11.4. The van der Waals surface area contributed by atoms with Gasteiger partial charge in [0.15, 0.2) is 0 Å². The second-order valence-electron chi connectivity index (χ2n) is 8.89. The molecule has 6 nitrogen and oxygen atoms in total. The van der Waals surface area contributed by atoms with E-state index in [1.807, 2.05) is 69.3 Å². The van der Waals surface area contributed by atoms with E-state index in [1.54, 1.807) is 21.8 Å². The van der Waals surface area contributed by atoms with Crippen LogP contribution in [0.15, 0.2) is 70.1 Å². The molecule has 1 atom stereocenters. The number of amides is 1. The molecule has 1 amide bonds. The molecule has 0 spiro atoms. The first-order valence-corrected chi connectivity index (χ1v) is 11.4. The third-order valence-corrected chi connectivity index (χ3v) is 6.51. The Balaban J connectivity index is 1.70. The van der Waals surface area contributed by atoms with Gasteiger partial charge < -0.3 is 9.32 Å². The molecule has 1 unspecified atom stereocenters. The molecule has 1 fully saturated rings. The number of furan rings is 1. The van der Waals surface area contributed by atoms with Gasteiger partial charge >= 0.3 is 0 Å². The third-order valence-electron chi connectivity index (χ3n) is 6.51. The minimum absolute atomic E-state index is 0.0321. The predicted octanol–water partition coefficient (Wildman–Crippen LogP) is 5.10. The van der Waals surface area contributed by atoms with Crippen LogP contribution in [0.5, 0.6) is 0 Å². The van der Waals surface area contributed by atoms with E-state index in [0.717, 1.165) is 29.7 Å². The fourth-order valence-electron chi connectivity index (χ4n) is 4.22. The summed E-state index contributed by atoms with van der Waals surface area (Å²) in [6.07, 6.45) is 3.41. The van der Waals surface area contributed by atoms with Crippen LogP contribution < -0.4 is 5.56 Å². The van der Waals surface area contributed by atoms with E-state index in [9.17, 15) is 9.59 Å². The molecule has 0 aliphatic heterocycles. The van der Waals surface area contributed by atoms with Crippen molar-refractivity contribution in [3.8, 4) is 5.69 Å². The van der Waals surface area contributed by atoms with Crippen LogP contribution in [0.25, 0.3) is 16.6 Å². The topological polar surface area (TPSA) is 68.3 Å². The Kier molecular flexibility index (Phi) is 5.36. The van der Waals surface area contributed by atoms with Gasteiger partial charge in [-0.15, -0.1) is 0 Å². The summed E-state index contributed by atoms with van der Waals surface area (Å²) in [7, 11) is 0. The summed E-state index contributed by atoms with van der Waals surface area (Å²) >= 11 is 0. The van der Waals surface area contributed by atoms with Gasteiger partial charge in [-0.1, -0.05) is 18.2 Å². The maximum atomic E-state index is 13.7. The summed E-state index contributed by atoms with van der Waals surface area (Å²) < 4.78 is 7.22. The third kappa shape index (κ3) is 3.97. The molecule has 2 heterocycles. The van der Waals surface area contributed by atoms with E-state index in [0.29, 0.717) is 29.0 Å². The number of fused-ring (bicyclic) bond motifs is 1. The first-order chi connectivity index (χ1) is 15.9. The quantitative estimate of drug-likeness (QED) is 0.418. The van der Waals surface area contributed by atoms with E-state index in [2.05, 4.69) is 0 Å². The number of para-hydroxylation sites is 1. The number of hydrogen-bond acceptors (Lipinski definition) is 4. The summed E-state index contributed by atoms with van der Waals surface area (Å²) in [5, 5.41) is 0.554. The number of carbonyl (C=O) groups excluding carboxylic acids is 1. The van der Waals surface area contributed by atoms with Crippen molar-refractivity contribution < 1.29 is 9.21 Å². The van der Waals surface area contributed by atoms with Gasteiger partial charge in [0.1, 0.15) is 11.6 Å². The SMILES string of the molecule is Cc1ccc(-n2c(C(C)N(Cc3ccco3)C(=O)C3CC3)nc3ccccc3c2=O)cc1C. The Morgan fingerprint density at radius 1 is 1.12 bits per heavy atom. The molecule has 33 heavy (non-hydrogen) atoms. The molecule has 168 valence electrons. The molecular formula is C27H27N3O3. The summed E-state index contributed by atoms with van der Waals surface area (Å²) in [6, 6.07) is 16.6. The summed E-state index contributed by atoms with van der Waals surface area (Å²) in [5.74, 6) is 1.36. The van der Waals surface area contributed by atoms with Crippen molar-refractivity contribution in [3.05, 3.63) is 93.9 Å². The van der Waals surface area contributed by atoms with Crippen molar-refractivity contribution >= 4 is 16.8 Å². The average molecular weight is 442 g/mol. The molecule has 1 saturated carbocycles. The summed E-state index contributed by atoms with van der Waals surface area (Å²) in [5.41, 5.74) is 3.48. The second-order valence-corrected chi connectivity index (χ2v) is 8.89. The predicted molar refractivity (Wildman–Crippen MR) is 127 cm³/mol. The van der Waals surface area contributed by atoms with Gasteiger partial charge in [0.2, 0.25) is 5.91 Å². The van der Waals surface area contributed by atoms with Crippen LogP contribution in [0.2, 0.25) is 0 Å². The van der Waals surface area contributed by atoms with E-state index in [4.69, 9.17) is 9.40 Å². The lowest BCUT2D eigenvalue weighted by Gasteiger charge is -2.30. The average Bonchev–Trinajstić information content (AvgIpc) is 3.54. The number of carbonyl (C=O) groups is 1. The van der Waals surface area contributed by atoms with Crippen molar-refractivity contribution in [3.63, 3.8) is 0 Å². The molecule has 4 aromatic rings. The van der Waals surface area contributed by atoms with Gasteiger partial charge in [-0.3, -0.25) is 14.2 Å². The summed E-state index contributed by atoms with van der Waals surface area (Å²) in [4.78, 5) is 33.7. The number of aryl methyl sites for hydroxylation is 2. The van der Waals surface area contributed by atoms with Gasteiger partial charge in [0.25, 0.3) is 5.56 Å². The highest BCUT2D eigenvalue weighted by molar-refractivity contribution is 5.82. The van der Waals surface area contributed by atoms with Crippen molar-refractivity contribution in [2.75, 3.05) is 0 Å². The lowest BCUT2D eigenvalue weighted by molar-refractivity contribution is -0.136. The molecule has 2 aromatic carbocycles. The minimum atomic E-state index is -0.429. The molecule has 6 heteroatoms. The lowest BCUT2D eigenvalue weighted by Crippen LogP contribution is -2.37. The van der Waals surface area contributed by atoms with Gasteiger partial charge in [0.05, 0.1) is 35.4 Å². The van der Waals surface area contributed by atoms with E-state index in [-0.39, 0.29) is 17.4 Å². The van der Waals surface area contributed by atoms with Crippen LogP contribution in [0.1, 0.15) is 48.5 Å². The van der Waals surface area contributed by atoms with Crippen molar-refractivity contribution in [1.82, 2.24) is 14.5 Å². The molecule has 0 N–H and O–H groups in total. The van der Waals surface area contributed by atoms with Crippen LogP contribution in [-0.2, 0) is 11.3 Å². The van der Waals surface area contributed by atoms with Gasteiger partial charge in [-0.05, 0) is 81.1 Å². The summed E-state index contributed by atoms with van der Waals surface area (Å²) in [6.45, 7) is 6.35. The van der Waals surface area contributed by atoms with Crippen molar-refractivity contribution in [2.45, 2.75) is 46.2 Å². The van der Waals surface area contributed by atoms with Crippen LogP contribution in [0.4, 0.5) is 0 Å². The van der Waals surface area contributed by atoms with E-state index in [1.165, 1.54) is 0 Å². The largest absolute Gasteiger partial charge is 0.467 e. The first kappa shape index (κ1) is 21.2. The van der Waals surface area contributed by atoms with Crippen LogP contribution in [-0.4, -0.2) is 20.4 Å². The molecule has 0 saturated heterocycles. The number of rotatable bonds is 6. The highest BCUT2D eigenvalue weighted by Crippen LogP contribution is 2.35. The Labute approximate surface area is 192 Å². The van der Waals surface area contributed by atoms with Gasteiger partial charge in [-0.2, -0.15) is 0 Å². The zero-order chi connectivity index (χ0) is 23.1. The van der Waals surface area contributed by atoms with Crippen LogP contribution in [0.3, 0.4) is 0 Å². The number of aromatic nitrogens is 2. The molecule has 1 aliphatic carbocycles. The highest BCUT2D eigenvalue weighted by atomic mass is 16.3. The van der Waals surface area contributed by atoms with Crippen LogP contribution in [0, 0.1) is 19.8 Å². The minimum Gasteiger partial charge on any atom is -0.467 e. The lowest BCUT2D eigenvalue weighted by atomic mass is 10.1. The number of nitrogens with zero attached hydrogens (tertiary/aromatic N) is 3. The Hall–Kier alpha value is -3.67. The number of hydrogen-bond donors (Lipinski definition) is 0. The smallest absolute Gasteiger partial charge is 0.266 e. The standard InChI is InChI=1S/C27H27N3O3/c1-17-10-13-21(15-18(17)2)30-25(28-24-9-5-4-8-23(24)27(30)32)19(3)29(26(31)20-11-12-20)16-22-7-6-14-33-22/h4-10,13-15,19-20H,11-12,16H2,1-3H3. The maximum Gasteiger partial charge on any atom is 0.266 e. The fraction of sp³-hybridized carbons (Fsp3) is 0.296. The monoisotopic (exact) mass is 441 g/mol. The van der Waals surface area contributed by atoms with Crippen LogP contribution >= 0.6 is 0 Å². The Bertz CT molecular complexity index is 1380. The molecule has 0 radical (unpaired) electrons. The van der Waals surface area contributed by atoms with Crippen molar-refractivity contribution in [2.24, 2.45) is 5.92 Å². The van der Waals surface area contributed by atoms with Gasteiger partial charge in [0, 0.05) is 5.92 Å². The Morgan fingerprint density at radius 2 is 1.91 bits per heavy atom. The zero-order valence-electron chi connectivity index (χ0n) is 19.1. The van der Waals surface area contributed by atoms with E-state index < -0.39 is 6.04 Å². The highest BCUT2D eigenvalue weighted by Gasteiger charge is 2.37. The molecule has 0 bridgehead atoms. The van der Waals surface area contributed by atoms with Gasteiger partial charge in [-0.25, -0.2) is 4.98 Å². The molecular weight excluding hydrogens is 414 g/mol. The zero-order valence-corrected chi connectivity index (χ0v) is 19.1. The maximum absolute atomic E-state index is 13.7. The normalized spacial score (nSPS) is 14.4. The second kappa shape index (κ2) is 8.35. The molecule has 5 rings (SSSR count). The van der Waals surface area contributed by atoms with Crippen molar-refractivity contribution in [1.29, 1.82) is 0 Å². The Morgan fingerprint density at radius 3 is 2.61 bits per heavy atom. The molecule has 2 aromatic heterocycles. The molecule has 1 aliphatic rings. The van der Waals surface area contributed by atoms with E-state index >= 15 is 0 Å².